The predicted molar refractivity (Wildman–Crippen MR) is 119 cm³/mol. The first kappa shape index (κ1) is 21.6. The van der Waals surface area contributed by atoms with Gasteiger partial charge in [-0.2, -0.15) is 0 Å². The molecule has 6 nitrogen and oxygen atoms in total. The highest BCUT2D eigenvalue weighted by molar-refractivity contribution is 6.34. The molecule has 156 valence electrons. The Labute approximate surface area is 180 Å². The van der Waals surface area contributed by atoms with E-state index in [-0.39, 0.29) is 22.7 Å². The lowest BCUT2D eigenvalue weighted by Crippen LogP contribution is -2.25. The lowest BCUT2D eigenvalue weighted by molar-refractivity contribution is -0.111. The van der Waals surface area contributed by atoms with E-state index >= 15 is 0 Å². The normalized spacial score (nSPS) is 13.1. The van der Waals surface area contributed by atoms with E-state index in [4.69, 9.17) is 11.6 Å². The van der Waals surface area contributed by atoms with Gasteiger partial charge < -0.3 is 16.0 Å². The van der Waals surface area contributed by atoms with E-state index in [1.54, 1.807) is 48.5 Å². The molecule has 0 spiro atoms. The SMILES string of the molecule is CCCNC(=O)c1ccc(NC(=O)/C=C/c2ccc(C(=O)NC3CC3)cc2)cc1Cl. The van der Waals surface area contributed by atoms with Crippen molar-refractivity contribution in [3.05, 3.63) is 70.3 Å². The minimum absolute atomic E-state index is 0.0746. The fraction of sp³-hybridized carbons (Fsp3) is 0.261. The number of carbonyl (C=O) groups excluding carboxylic acids is 3. The topological polar surface area (TPSA) is 87.3 Å². The van der Waals surface area contributed by atoms with Crippen molar-refractivity contribution in [2.75, 3.05) is 11.9 Å². The van der Waals surface area contributed by atoms with Crippen LogP contribution in [0.25, 0.3) is 6.08 Å². The number of halogens is 1. The maximum absolute atomic E-state index is 12.2. The second-order valence-corrected chi connectivity index (χ2v) is 7.55. The molecule has 0 aliphatic heterocycles. The Kier molecular flexibility index (Phi) is 7.25. The van der Waals surface area contributed by atoms with Crippen LogP contribution in [-0.4, -0.2) is 30.3 Å². The highest BCUT2D eigenvalue weighted by Gasteiger charge is 2.23. The first-order valence-electron chi connectivity index (χ1n) is 9.94. The van der Waals surface area contributed by atoms with Crippen LogP contribution in [0.15, 0.2) is 48.5 Å². The summed E-state index contributed by atoms with van der Waals surface area (Å²) in [6.45, 7) is 2.54. The van der Waals surface area contributed by atoms with Gasteiger partial charge in [0.1, 0.15) is 0 Å². The van der Waals surface area contributed by atoms with Gasteiger partial charge in [-0.1, -0.05) is 30.7 Å². The van der Waals surface area contributed by atoms with E-state index in [0.717, 1.165) is 24.8 Å². The van der Waals surface area contributed by atoms with Crippen molar-refractivity contribution in [3.63, 3.8) is 0 Å². The van der Waals surface area contributed by atoms with Crippen LogP contribution in [0.1, 0.15) is 52.5 Å². The molecule has 7 heteroatoms. The van der Waals surface area contributed by atoms with Crippen LogP contribution in [-0.2, 0) is 4.79 Å². The molecule has 2 aromatic rings. The summed E-state index contributed by atoms with van der Waals surface area (Å²) in [5, 5.41) is 8.68. The number of nitrogens with one attached hydrogen (secondary N) is 3. The second kappa shape index (κ2) is 10.1. The van der Waals surface area contributed by atoms with Crippen LogP contribution in [0.4, 0.5) is 5.69 Å². The average Bonchev–Trinajstić information content (AvgIpc) is 3.55. The average molecular weight is 426 g/mol. The number of benzene rings is 2. The number of anilines is 1. The quantitative estimate of drug-likeness (QED) is 0.558. The maximum Gasteiger partial charge on any atom is 0.252 e. The molecule has 0 heterocycles. The smallest absolute Gasteiger partial charge is 0.252 e. The van der Waals surface area contributed by atoms with Crippen molar-refractivity contribution < 1.29 is 14.4 Å². The van der Waals surface area contributed by atoms with E-state index in [9.17, 15) is 14.4 Å². The summed E-state index contributed by atoms with van der Waals surface area (Å²) in [5.41, 5.74) is 2.26. The molecule has 3 rings (SSSR count). The van der Waals surface area contributed by atoms with Gasteiger partial charge in [-0.25, -0.2) is 0 Å². The monoisotopic (exact) mass is 425 g/mol. The minimum atomic E-state index is -0.329. The van der Waals surface area contributed by atoms with Crippen LogP contribution in [0.3, 0.4) is 0 Å². The Morgan fingerprint density at radius 3 is 2.43 bits per heavy atom. The van der Waals surface area contributed by atoms with Crippen molar-refractivity contribution in [1.29, 1.82) is 0 Å². The molecule has 0 atom stereocenters. The zero-order chi connectivity index (χ0) is 21.5. The van der Waals surface area contributed by atoms with Crippen LogP contribution in [0.2, 0.25) is 5.02 Å². The molecule has 1 aliphatic carbocycles. The van der Waals surface area contributed by atoms with Crippen LogP contribution < -0.4 is 16.0 Å². The molecule has 2 aromatic carbocycles. The van der Waals surface area contributed by atoms with E-state index in [1.165, 1.54) is 6.08 Å². The Morgan fingerprint density at radius 1 is 1.07 bits per heavy atom. The van der Waals surface area contributed by atoms with Gasteiger partial charge >= 0.3 is 0 Å². The molecule has 0 aromatic heterocycles. The summed E-state index contributed by atoms with van der Waals surface area (Å²) >= 11 is 6.17. The van der Waals surface area contributed by atoms with Gasteiger partial charge in [0.2, 0.25) is 5.91 Å². The molecule has 0 unspecified atom stereocenters. The van der Waals surface area contributed by atoms with Crippen molar-refractivity contribution in [2.24, 2.45) is 0 Å². The highest BCUT2D eigenvalue weighted by Crippen LogP contribution is 2.21. The number of hydrogen-bond donors (Lipinski definition) is 3. The lowest BCUT2D eigenvalue weighted by Gasteiger charge is -2.08. The first-order chi connectivity index (χ1) is 14.5. The molecule has 0 radical (unpaired) electrons. The van der Waals surface area contributed by atoms with E-state index in [2.05, 4.69) is 16.0 Å². The Morgan fingerprint density at radius 2 is 1.80 bits per heavy atom. The second-order valence-electron chi connectivity index (χ2n) is 7.14. The van der Waals surface area contributed by atoms with Gasteiger partial charge in [0.15, 0.2) is 0 Å². The number of amides is 3. The molecular weight excluding hydrogens is 402 g/mol. The Hall–Kier alpha value is -3.12. The summed E-state index contributed by atoms with van der Waals surface area (Å²) in [7, 11) is 0. The number of hydrogen-bond acceptors (Lipinski definition) is 3. The Balaban J connectivity index is 1.55. The van der Waals surface area contributed by atoms with Gasteiger partial charge in [0.25, 0.3) is 11.8 Å². The maximum atomic E-state index is 12.2. The molecular formula is C23H24ClN3O3. The van der Waals surface area contributed by atoms with Gasteiger partial charge in [-0.05, 0) is 61.2 Å². The fourth-order valence-electron chi connectivity index (χ4n) is 2.71. The van der Waals surface area contributed by atoms with Crippen molar-refractivity contribution in [3.8, 4) is 0 Å². The molecule has 0 bridgehead atoms. The summed E-state index contributed by atoms with van der Waals surface area (Å²) < 4.78 is 0. The summed E-state index contributed by atoms with van der Waals surface area (Å²) in [5.74, 6) is -0.645. The van der Waals surface area contributed by atoms with Crippen LogP contribution in [0, 0.1) is 0 Å². The molecule has 0 saturated heterocycles. The standard InChI is InChI=1S/C23H24ClN3O3/c1-2-13-25-23(30)19-11-10-18(14-20(19)24)26-21(28)12-5-15-3-6-16(7-4-15)22(29)27-17-8-9-17/h3-7,10-12,14,17H,2,8-9,13H2,1H3,(H,25,30)(H,26,28)(H,27,29)/b12-5+. The van der Waals surface area contributed by atoms with Crippen molar-refractivity contribution in [2.45, 2.75) is 32.2 Å². The minimum Gasteiger partial charge on any atom is -0.352 e. The van der Waals surface area contributed by atoms with E-state index in [0.29, 0.717) is 29.4 Å². The third-order valence-corrected chi connectivity index (χ3v) is 4.84. The van der Waals surface area contributed by atoms with E-state index in [1.807, 2.05) is 6.92 Å². The third kappa shape index (κ3) is 6.19. The van der Waals surface area contributed by atoms with Gasteiger partial charge in [0, 0.05) is 29.9 Å². The van der Waals surface area contributed by atoms with Gasteiger partial charge in [0.05, 0.1) is 10.6 Å². The molecule has 1 aliphatic rings. The molecule has 1 saturated carbocycles. The summed E-state index contributed by atoms with van der Waals surface area (Å²) in [6, 6.07) is 12.1. The van der Waals surface area contributed by atoms with Gasteiger partial charge in [-0.15, -0.1) is 0 Å². The zero-order valence-electron chi connectivity index (χ0n) is 16.7. The lowest BCUT2D eigenvalue weighted by atomic mass is 10.1. The molecule has 3 amide bonds. The highest BCUT2D eigenvalue weighted by atomic mass is 35.5. The summed E-state index contributed by atoms with van der Waals surface area (Å²) in [4.78, 5) is 36.2. The number of carbonyl (C=O) groups is 3. The Bertz CT molecular complexity index is 966. The van der Waals surface area contributed by atoms with Crippen molar-refractivity contribution >= 4 is 41.1 Å². The fourth-order valence-corrected chi connectivity index (χ4v) is 2.97. The van der Waals surface area contributed by atoms with Crippen LogP contribution >= 0.6 is 11.6 Å². The van der Waals surface area contributed by atoms with Crippen LogP contribution in [0.5, 0.6) is 0 Å². The summed E-state index contributed by atoms with van der Waals surface area (Å²) in [6.07, 6.45) is 5.98. The molecule has 1 fully saturated rings. The first-order valence-corrected chi connectivity index (χ1v) is 10.3. The number of rotatable bonds is 8. The van der Waals surface area contributed by atoms with E-state index < -0.39 is 0 Å². The molecule has 30 heavy (non-hydrogen) atoms. The third-order valence-electron chi connectivity index (χ3n) is 4.53. The van der Waals surface area contributed by atoms with Gasteiger partial charge in [-0.3, -0.25) is 14.4 Å². The zero-order valence-corrected chi connectivity index (χ0v) is 17.5. The van der Waals surface area contributed by atoms with Crippen molar-refractivity contribution in [1.82, 2.24) is 10.6 Å². The predicted octanol–water partition coefficient (Wildman–Crippen LogP) is 4.02. The molecule has 3 N–H and O–H groups in total. The largest absolute Gasteiger partial charge is 0.352 e.